The fourth-order valence-corrected chi connectivity index (χ4v) is 0.538. The summed E-state index contributed by atoms with van der Waals surface area (Å²) in [6, 6.07) is 1.93. The van der Waals surface area contributed by atoms with E-state index in [2.05, 4.69) is 17.2 Å². The summed E-state index contributed by atoms with van der Waals surface area (Å²) in [6.45, 7) is 5.72. The molecule has 0 spiro atoms. The van der Waals surface area contributed by atoms with E-state index in [9.17, 15) is 4.79 Å². The molecule has 0 radical (unpaired) electrons. The molecule has 0 aliphatic heterocycles. The van der Waals surface area contributed by atoms with Gasteiger partial charge in [-0.05, 0) is 6.92 Å². The summed E-state index contributed by atoms with van der Waals surface area (Å²) >= 11 is 0. The molecule has 4 heteroatoms. The van der Waals surface area contributed by atoms with Crippen molar-refractivity contribution < 1.29 is 4.79 Å². The highest BCUT2D eigenvalue weighted by molar-refractivity contribution is 5.78. The molecule has 1 unspecified atom stereocenters. The summed E-state index contributed by atoms with van der Waals surface area (Å²) in [4.78, 5) is 10.9. The van der Waals surface area contributed by atoms with Crippen LogP contribution in [0.15, 0.2) is 12.7 Å². The van der Waals surface area contributed by atoms with E-state index in [1.54, 1.807) is 6.08 Å². The van der Waals surface area contributed by atoms with Crippen molar-refractivity contribution in [2.45, 2.75) is 13.0 Å². The second-order valence-electron chi connectivity index (χ2n) is 2.34. The van der Waals surface area contributed by atoms with Gasteiger partial charge in [-0.2, -0.15) is 5.26 Å². The maximum atomic E-state index is 10.9. The van der Waals surface area contributed by atoms with Crippen LogP contribution >= 0.6 is 0 Å². The van der Waals surface area contributed by atoms with Crippen LogP contribution < -0.4 is 10.6 Å². The van der Waals surface area contributed by atoms with Gasteiger partial charge in [0.25, 0.3) is 0 Å². The average Bonchev–Trinajstić information content (AvgIpc) is 2.10. The number of rotatable bonds is 5. The van der Waals surface area contributed by atoms with Gasteiger partial charge in [0, 0.05) is 6.04 Å². The van der Waals surface area contributed by atoms with Crippen LogP contribution in [0.25, 0.3) is 0 Å². The highest BCUT2D eigenvalue weighted by Gasteiger charge is 2.00. The van der Waals surface area contributed by atoms with Crippen LogP contribution in [-0.2, 0) is 4.79 Å². The first kappa shape index (κ1) is 10.7. The Labute approximate surface area is 72.3 Å². The molecule has 0 aliphatic carbocycles. The van der Waals surface area contributed by atoms with Crippen LogP contribution in [0.3, 0.4) is 0 Å². The molecule has 0 aromatic rings. The van der Waals surface area contributed by atoms with Crippen LogP contribution in [0.2, 0.25) is 0 Å². The Kier molecular flexibility index (Phi) is 5.66. The number of hydrogen-bond acceptors (Lipinski definition) is 3. The lowest BCUT2D eigenvalue weighted by molar-refractivity contribution is -0.120. The average molecular weight is 167 g/mol. The number of nitrogens with one attached hydrogen (secondary N) is 2. The molecule has 2 N–H and O–H groups in total. The Bertz CT molecular complexity index is 195. The van der Waals surface area contributed by atoms with Crippen molar-refractivity contribution in [2.75, 3.05) is 13.1 Å². The highest BCUT2D eigenvalue weighted by atomic mass is 16.1. The summed E-state index contributed by atoms with van der Waals surface area (Å²) in [6.07, 6.45) is 1.71. The predicted octanol–water partition coefficient (Wildman–Crippen LogP) is -0.210. The first-order valence-electron chi connectivity index (χ1n) is 3.70. The third-order valence-electron chi connectivity index (χ3n) is 1.30. The maximum Gasteiger partial charge on any atom is 0.234 e. The topological polar surface area (TPSA) is 64.9 Å². The largest absolute Gasteiger partial charge is 0.342 e. The Morgan fingerprint density at radius 2 is 2.50 bits per heavy atom. The zero-order chi connectivity index (χ0) is 9.40. The van der Waals surface area contributed by atoms with E-state index in [4.69, 9.17) is 5.26 Å². The minimum atomic E-state index is -0.176. The van der Waals surface area contributed by atoms with Gasteiger partial charge in [0.1, 0.15) is 6.54 Å². The fraction of sp³-hybridized carbons (Fsp3) is 0.500. The summed E-state index contributed by atoms with van der Waals surface area (Å²) in [5.74, 6) is -0.176. The molecule has 0 heterocycles. The molecule has 1 atom stereocenters. The monoisotopic (exact) mass is 167 g/mol. The molecule has 0 saturated heterocycles. The molecule has 0 saturated carbocycles. The van der Waals surface area contributed by atoms with Crippen molar-refractivity contribution >= 4 is 5.91 Å². The molecule has 0 aromatic carbocycles. The molecule has 0 aliphatic rings. The number of nitriles is 1. The second-order valence-corrected chi connectivity index (χ2v) is 2.34. The summed E-state index contributed by atoms with van der Waals surface area (Å²) in [7, 11) is 0. The minimum Gasteiger partial charge on any atom is -0.342 e. The molecule has 1 amide bonds. The zero-order valence-corrected chi connectivity index (χ0v) is 7.13. The lowest BCUT2D eigenvalue weighted by Crippen LogP contribution is -2.37. The molecule has 0 rings (SSSR count). The second kappa shape index (κ2) is 6.38. The number of amides is 1. The van der Waals surface area contributed by atoms with Gasteiger partial charge in [-0.15, -0.1) is 6.58 Å². The highest BCUT2D eigenvalue weighted by Crippen LogP contribution is 1.78. The Morgan fingerprint density at radius 1 is 1.83 bits per heavy atom. The van der Waals surface area contributed by atoms with Crippen molar-refractivity contribution in [2.24, 2.45) is 0 Å². The van der Waals surface area contributed by atoms with Crippen molar-refractivity contribution in [1.82, 2.24) is 10.6 Å². The summed E-state index contributed by atoms with van der Waals surface area (Å²) in [5.41, 5.74) is 0. The first-order chi connectivity index (χ1) is 5.70. The molecule has 66 valence electrons. The van der Waals surface area contributed by atoms with Crippen LogP contribution in [0, 0.1) is 11.3 Å². The van der Waals surface area contributed by atoms with Gasteiger partial charge in [0.15, 0.2) is 0 Å². The standard InChI is InChI=1S/C8H13N3O/c1-3-7(2)11-6-8(12)10-5-4-9/h3,7,11H,1,5-6H2,2H3,(H,10,12). The number of hydrogen-bond donors (Lipinski definition) is 2. The van der Waals surface area contributed by atoms with Crippen molar-refractivity contribution in [3.05, 3.63) is 12.7 Å². The fourth-order valence-electron chi connectivity index (χ4n) is 0.538. The lowest BCUT2D eigenvalue weighted by Gasteiger charge is -2.07. The number of carbonyl (C=O) groups excluding carboxylic acids is 1. The van der Waals surface area contributed by atoms with Gasteiger partial charge in [-0.1, -0.05) is 6.08 Å². The van der Waals surface area contributed by atoms with E-state index in [1.165, 1.54) is 0 Å². The van der Waals surface area contributed by atoms with Crippen LogP contribution in [-0.4, -0.2) is 25.0 Å². The van der Waals surface area contributed by atoms with E-state index < -0.39 is 0 Å². The molecule has 4 nitrogen and oxygen atoms in total. The van der Waals surface area contributed by atoms with Gasteiger partial charge < -0.3 is 10.6 Å². The van der Waals surface area contributed by atoms with Gasteiger partial charge in [-0.25, -0.2) is 0 Å². The molecule has 0 bridgehead atoms. The molecular weight excluding hydrogens is 154 g/mol. The summed E-state index contributed by atoms with van der Waals surface area (Å²) in [5, 5.41) is 13.5. The third-order valence-corrected chi connectivity index (χ3v) is 1.30. The van der Waals surface area contributed by atoms with Gasteiger partial charge >= 0.3 is 0 Å². The van der Waals surface area contributed by atoms with Crippen molar-refractivity contribution in [1.29, 1.82) is 5.26 Å². The number of nitrogens with zero attached hydrogens (tertiary/aromatic N) is 1. The van der Waals surface area contributed by atoms with Gasteiger partial charge in [-0.3, -0.25) is 4.79 Å². The van der Waals surface area contributed by atoms with Gasteiger partial charge in [0.05, 0.1) is 12.6 Å². The van der Waals surface area contributed by atoms with Crippen LogP contribution in [0.5, 0.6) is 0 Å². The van der Waals surface area contributed by atoms with Crippen LogP contribution in [0.1, 0.15) is 6.92 Å². The van der Waals surface area contributed by atoms with Gasteiger partial charge in [0.2, 0.25) is 5.91 Å². The van der Waals surface area contributed by atoms with E-state index in [0.717, 1.165) is 0 Å². The Balaban J connectivity index is 3.44. The van der Waals surface area contributed by atoms with E-state index in [1.807, 2.05) is 13.0 Å². The number of carbonyl (C=O) groups is 1. The maximum absolute atomic E-state index is 10.9. The normalized spacial score (nSPS) is 11.3. The SMILES string of the molecule is C=CC(C)NCC(=O)NCC#N. The van der Waals surface area contributed by atoms with E-state index in [-0.39, 0.29) is 25.0 Å². The van der Waals surface area contributed by atoms with Crippen LogP contribution in [0.4, 0.5) is 0 Å². The lowest BCUT2D eigenvalue weighted by atomic mass is 10.3. The molecular formula is C8H13N3O. The molecule has 12 heavy (non-hydrogen) atoms. The quantitative estimate of drug-likeness (QED) is 0.440. The third kappa shape index (κ3) is 5.45. The first-order valence-corrected chi connectivity index (χ1v) is 3.70. The Morgan fingerprint density at radius 3 is 3.00 bits per heavy atom. The van der Waals surface area contributed by atoms with E-state index in [0.29, 0.717) is 0 Å². The molecule has 0 aromatic heterocycles. The smallest absolute Gasteiger partial charge is 0.234 e. The Hall–Kier alpha value is -1.34. The zero-order valence-electron chi connectivity index (χ0n) is 7.13. The van der Waals surface area contributed by atoms with Crippen molar-refractivity contribution in [3.8, 4) is 6.07 Å². The minimum absolute atomic E-state index is 0.0585. The summed E-state index contributed by atoms with van der Waals surface area (Å²) < 4.78 is 0. The van der Waals surface area contributed by atoms with E-state index >= 15 is 0 Å². The molecule has 0 fully saturated rings. The predicted molar refractivity (Wildman–Crippen MR) is 46.3 cm³/mol. The van der Waals surface area contributed by atoms with Crippen molar-refractivity contribution in [3.63, 3.8) is 0 Å².